The molecule has 0 bridgehead atoms. The van der Waals surface area contributed by atoms with Crippen LogP contribution >= 0.6 is 0 Å². The predicted molar refractivity (Wildman–Crippen MR) is 125 cm³/mol. The lowest BCUT2D eigenvalue weighted by molar-refractivity contribution is -0.122. The number of ether oxygens (including phenoxy) is 3. The number of benzene rings is 1. The molecule has 10 nitrogen and oxygen atoms in total. The van der Waals surface area contributed by atoms with Gasteiger partial charge in [0.15, 0.2) is 11.5 Å². The molecule has 2 fully saturated rings. The highest BCUT2D eigenvalue weighted by Crippen LogP contribution is 2.39. The highest BCUT2D eigenvalue weighted by Gasteiger charge is 2.40. The van der Waals surface area contributed by atoms with Crippen molar-refractivity contribution in [2.75, 3.05) is 33.5 Å². The summed E-state index contributed by atoms with van der Waals surface area (Å²) in [4.78, 5) is 31.2. The fraction of sp³-hybridized carbons (Fsp3) is 0.480. The number of hydrogen-bond acceptors (Lipinski definition) is 8. The van der Waals surface area contributed by atoms with Gasteiger partial charge in [0.25, 0.3) is 5.91 Å². The van der Waals surface area contributed by atoms with Crippen LogP contribution in [0.2, 0.25) is 0 Å². The molecule has 5 rings (SSSR count). The van der Waals surface area contributed by atoms with Crippen molar-refractivity contribution in [2.45, 2.75) is 43.4 Å². The number of hydrogen-bond donors (Lipinski definition) is 3. The smallest absolute Gasteiger partial charge is 0.251 e. The molecule has 35 heavy (non-hydrogen) atoms. The van der Waals surface area contributed by atoms with E-state index < -0.39 is 5.60 Å². The van der Waals surface area contributed by atoms with E-state index in [1.54, 1.807) is 37.6 Å². The number of fused-ring (bicyclic) bond motifs is 1. The Bertz CT molecular complexity index is 1080. The molecule has 1 saturated carbocycles. The van der Waals surface area contributed by atoms with E-state index in [2.05, 4.69) is 20.5 Å². The van der Waals surface area contributed by atoms with Crippen molar-refractivity contribution in [3.8, 4) is 17.4 Å². The summed E-state index contributed by atoms with van der Waals surface area (Å²) in [6.45, 7) is 1.60. The highest BCUT2D eigenvalue weighted by atomic mass is 16.7. The highest BCUT2D eigenvalue weighted by molar-refractivity contribution is 5.97. The Balaban J connectivity index is 1.02. The maximum atomic E-state index is 12.3. The minimum absolute atomic E-state index is 0.0662. The molecular formula is C25H30N4O6. The average Bonchev–Trinajstić information content (AvgIpc) is 3.33. The fourth-order valence-electron chi connectivity index (χ4n) is 4.99. The molecule has 2 aliphatic heterocycles. The monoisotopic (exact) mass is 482 g/mol. The first-order valence-electron chi connectivity index (χ1n) is 11.9. The topological polar surface area (TPSA) is 122 Å². The van der Waals surface area contributed by atoms with Gasteiger partial charge in [-0.1, -0.05) is 0 Å². The van der Waals surface area contributed by atoms with Crippen LogP contribution in [0.25, 0.3) is 0 Å². The average molecular weight is 483 g/mol. The molecular weight excluding hydrogens is 452 g/mol. The molecule has 1 aromatic carbocycles. The van der Waals surface area contributed by atoms with Crippen molar-refractivity contribution in [2.24, 2.45) is 0 Å². The number of carbonyl (C=O) groups excluding carboxylic acids is 2. The number of likely N-dealkylation sites (tertiary alicyclic amines) is 1. The number of rotatable bonds is 7. The third kappa shape index (κ3) is 5.03. The summed E-state index contributed by atoms with van der Waals surface area (Å²) in [5.41, 5.74) is 0.387. The summed E-state index contributed by atoms with van der Waals surface area (Å²) in [6.07, 6.45) is 4.80. The van der Waals surface area contributed by atoms with Gasteiger partial charge in [0.1, 0.15) is 0 Å². The summed E-state index contributed by atoms with van der Waals surface area (Å²) in [5, 5.41) is 16.7. The van der Waals surface area contributed by atoms with Crippen molar-refractivity contribution >= 4 is 11.8 Å². The number of carbonyl (C=O) groups is 2. The standard InChI is InChI=1S/C25H30N4O6/c1-33-23-5-3-17(11-26-23)25(32)8-6-19(7-9-25)29-13-18(14-29)28-22(30)12-27-24(31)16-2-4-20-21(10-16)35-15-34-20/h2-5,10-11,18-19,32H,6-9,12-15H2,1H3,(H,27,31)(H,28,30). The van der Waals surface area contributed by atoms with Crippen LogP contribution in [0.1, 0.15) is 41.6 Å². The van der Waals surface area contributed by atoms with E-state index in [1.165, 1.54) is 0 Å². The lowest BCUT2D eigenvalue weighted by Gasteiger charge is -2.48. The van der Waals surface area contributed by atoms with Gasteiger partial charge in [0, 0.05) is 42.5 Å². The van der Waals surface area contributed by atoms with E-state index in [1.807, 2.05) is 6.07 Å². The molecule has 0 unspecified atom stereocenters. The number of amides is 2. The summed E-state index contributed by atoms with van der Waals surface area (Å²) in [7, 11) is 1.57. The zero-order valence-corrected chi connectivity index (χ0v) is 19.7. The van der Waals surface area contributed by atoms with Gasteiger partial charge >= 0.3 is 0 Å². The molecule has 186 valence electrons. The normalized spacial score (nSPS) is 23.9. The number of pyridine rings is 1. The van der Waals surface area contributed by atoms with Gasteiger partial charge in [-0.15, -0.1) is 0 Å². The van der Waals surface area contributed by atoms with Gasteiger partial charge in [-0.2, -0.15) is 0 Å². The number of aliphatic hydroxyl groups is 1. The molecule has 1 aromatic heterocycles. The minimum atomic E-state index is -0.857. The number of methoxy groups -OCH3 is 1. The van der Waals surface area contributed by atoms with Crippen LogP contribution in [0.4, 0.5) is 0 Å². The molecule has 2 aromatic rings. The molecule has 0 atom stereocenters. The Morgan fingerprint density at radius 3 is 2.66 bits per heavy atom. The van der Waals surface area contributed by atoms with Crippen LogP contribution in [-0.4, -0.2) is 72.4 Å². The lowest BCUT2D eigenvalue weighted by Crippen LogP contribution is -2.63. The molecule has 0 spiro atoms. The molecule has 2 amide bonds. The molecule has 3 N–H and O–H groups in total. The van der Waals surface area contributed by atoms with Crippen molar-refractivity contribution in [1.82, 2.24) is 20.5 Å². The van der Waals surface area contributed by atoms with Crippen LogP contribution in [0.5, 0.6) is 17.4 Å². The van der Waals surface area contributed by atoms with E-state index in [0.717, 1.165) is 31.5 Å². The van der Waals surface area contributed by atoms with E-state index >= 15 is 0 Å². The first kappa shape index (κ1) is 23.4. The summed E-state index contributed by atoms with van der Waals surface area (Å²) >= 11 is 0. The Labute approximate surface area is 203 Å². The lowest BCUT2D eigenvalue weighted by atomic mass is 9.77. The predicted octanol–water partition coefficient (Wildman–Crippen LogP) is 1.18. The van der Waals surface area contributed by atoms with Crippen LogP contribution in [0, 0.1) is 0 Å². The maximum Gasteiger partial charge on any atom is 0.251 e. The summed E-state index contributed by atoms with van der Waals surface area (Å²) < 4.78 is 15.6. The quantitative estimate of drug-likeness (QED) is 0.538. The van der Waals surface area contributed by atoms with Gasteiger partial charge in [-0.25, -0.2) is 4.98 Å². The zero-order chi connectivity index (χ0) is 24.4. The fourth-order valence-corrected chi connectivity index (χ4v) is 4.99. The van der Waals surface area contributed by atoms with E-state index in [0.29, 0.717) is 41.8 Å². The molecule has 3 aliphatic rings. The van der Waals surface area contributed by atoms with Gasteiger partial charge in [0.05, 0.1) is 25.3 Å². The minimum Gasteiger partial charge on any atom is -0.481 e. The van der Waals surface area contributed by atoms with Crippen molar-refractivity contribution in [3.05, 3.63) is 47.7 Å². The number of nitrogens with zero attached hydrogens (tertiary/aromatic N) is 2. The third-order valence-corrected chi connectivity index (χ3v) is 7.10. The van der Waals surface area contributed by atoms with Crippen LogP contribution in [0.3, 0.4) is 0 Å². The Morgan fingerprint density at radius 2 is 1.94 bits per heavy atom. The summed E-state index contributed by atoms with van der Waals surface area (Å²) in [5.74, 6) is 1.11. The van der Waals surface area contributed by atoms with Crippen molar-refractivity contribution < 1.29 is 28.9 Å². The Morgan fingerprint density at radius 1 is 1.17 bits per heavy atom. The SMILES string of the molecule is COc1ccc(C2(O)CCC(N3CC(NC(=O)CNC(=O)c4ccc5c(c4)OCO5)C3)CC2)cn1. The molecule has 1 aliphatic carbocycles. The molecule has 1 saturated heterocycles. The van der Waals surface area contributed by atoms with Gasteiger partial charge in [-0.3, -0.25) is 14.5 Å². The number of aromatic nitrogens is 1. The van der Waals surface area contributed by atoms with Crippen molar-refractivity contribution in [3.63, 3.8) is 0 Å². The van der Waals surface area contributed by atoms with Crippen LogP contribution in [0.15, 0.2) is 36.5 Å². The second kappa shape index (κ2) is 9.71. The molecule has 3 heterocycles. The second-order valence-electron chi connectivity index (χ2n) is 9.32. The number of nitrogens with one attached hydrogen (secondary N) is 2. The zero-order valence-electron chi connectivity index (χ0n) is 19.7. The first-order chi connectivity index (χ1) is 16.9. The Hall–Kier alpha value is -3.37. The van der Waals surface area contributed by atoms with E-state index in [4.69, 9.17) is 14.2 Å². The Kier molecular flexibility index (Phi) is 6.48. The largest absolute Gasteiger partial charge is 0.481 e. The van der Waals surface area contributed by atoms with Gasteiger partial charge < -0.3 is 30.0 Å². The van der Waals surface area contributed by atoms with Gasteiger partial charge in [-0.05, 0) is 49.9 Å². The maximum absolute atomic E-state index is 12.3. The third-order valence-electron chi connectivity index (χ3n) is 7.10. The first-order valence-corrected chi connectivity index (χ1v) is 11.9. The van der Waals surface area contributed by atoms with Crippen LogP contribution in [-0.2, 0) is 10.4 Å². The van der Waals surface area contributed by atoms with E-state index in [9.17, 15) is 14.7 Å². The van der Waals surface area contributed by atoms with Gasteiger partial charge in [0.2, 0.25) is 18.6 Å². The molecule has 10 heteroatoms. The van der Waals surface area contributed by atoms with E-state index in [-0.39, 0.29) is 31.2 Å². The summed E-state index contributed by atoms with van der Waals surface area (Å²) in [6, 6.07) is 9.04. The van der Waals surface area contributed by atoms with Crippen LogP contribution < -0.4 is 24.8 Å². The molecule has 0 radical (unpaired) electrons. The second-order valence-corrected chi connectivity index (χ2v) is 9.32. The van der Waals surface area contributed by atoms with Crippen molar-refractivity contribution in [1.29, 1.82) is 0 Å².